The maximum atomic E-state index is 13.1. The predicted molar refractivity (Wildman–Crippen MR) is 84.9 cm³/mol. The first-order chi connectivity index (χ1) is 10.1. The average Bonchev–Trinajstić information content (AvgIpc) is 3.41. The summed E-state index contributed by atoms with van der Waals surface area (Å²) in [6, 6.07) is 10.5. The molecule has 0 aliphatic heterocycles. The van der Waals surface area contributed by atoms with Crippen LogP contribution in [0.25, 0.3) is 0 Å². The normalized spacial score (nSPS) is 29.0. The second-order valence-electron chi connectivity index (χ2n) is 6.54. The van der Waals surface area contributed by atoms with E-state index in [1.54, 1.807) is 0 Å². The fraction of sp³-hybridized carbons (Fsp3) is 0.611. The molecule has 2 N–H and O–H groups in total. The first-order valence-corrected chi connectivity index (χ1v) is 8.25. The first-order valence-electron chi connectivity index (χ1n) is 8.25. The van der Waals surface area contributed by atoms with Crippen molar-refractivity contribution in [2.75, 3.05) is 13.1 Å². The van der Waals surface area contributed by atoms with Gasteiger partial charge in [-0.1, -0.05) is 30.3 Å². The Bertz CT molecular complexity index is 507. The molecule has 1 amide bonds. The Morgan fingerprint density at radius 1 is 1.29 bits per heavy atom. The van der Waals surface area contributed by atoms with Crippen LogP contribution in [0.5, 0.6) is 0 Å². The molecule has 0 radical (unpaired) electrons. The number of rotatable bonds is 6. The number of nitrogens with two attached hydrogens (primary N) is 1. The number of benzene rings is 1. The van der Waals surface area contributed by atoms with Gasteiger partial charge >= 0.3 is 0 Å². The van der Waals surface area contributed by atoms with Crippen molar-refractivity contribution in [1.82, 2.24) is 4.90 Å². The molecule has 3 heteroatoms. The summed E-state index contributed by atoms with van der Waals surface area (Å²) in [5.74, 6) is 1.24. The van der Waals surface area contributed by atoms with E-state index in [-0.39, 0.29) is 17.4 Å². The van der Waals surface area contributed by atoms with Gasteiger partial charge in [-0.2, -0.15) is 0 Å². The van der Waals surface area contributed by atoms with Gasteiger partial charge in [0, 0.05) is 19.1 Å². The molecule has 21 heavy (non-hydrogen) atoms. The van der Waals surface area contributed by atoms with Crippen LogP contribution in [0, 0.1) is 11.8 Å². The van der Waals surface area contributed by atoms with Crippen LogP contribution in [0.3, 0.4) is 0 Å². The van der Waals surface area contributed by atoms with E-state index in [2.05, 4.69) is 26.0 Å². The highest BCUT2D eigenvalue weighted by Gasteiger charge is 2.65. The summed E-state index contributed by atoms with van der Waals surface area (Å²) in [6.07, 6.45) is 3.40. The molecule has 0 saturated heterocycles. The minimum absolute atomic E-state index is 0.185. The number of likely N-dealkylation sites (N-methyl/N-ethyl adjacent to an activating group) is 1. The monoisotopic (exact) mass is 286 g/mol. The van der Waals surface area contributed by atoms with Crippen molar-refractivity contribution in [3.8, 4) is 0 Å². The summed E-state index contributed by atoms with van der Waals surface area (Å²) < 4.78 is 0. The Labute approximate surface area is 127 Å². The maximum absolute atomic E-state index is 13.1. The molecule has 0 heterocycles. The lowest BCUT2D eigenvalue weighted by Crippen LogP contribution is -2.42. The second-order valence-corrected chi connectivity index (χ2v) is 6.54. The number of hydrogen-bond donors (Lipinski definition) is 1. The quantitative estimate of drug-likeness (QED) is 0.873. The first kappa shape index (κ1) is 14.6. The zero-order valence-corrected chi connectivity index (χ0v) is 13.1. The van der Waals surface area contributed by atoms with E-state index in [0.29, 0.717) is 11.8 Å². The standard InChI is InChI=1S/C18H26N2O/c1-3-20(4-2)17(21)18(14-8-6-5-7-9-14)12-15(18)16(19)13-10-11-13/h5-9,13,15-16H,3-4,10-12,19H2,1-2H3. The summed E-state index contributed by atoms with van der Waals surface area (Å²) in [5, 5.41) is 0. The molecular weight excluding hydrogens is 260 g/mol. The van der Waals surface area contributed by atoms with Crippen molar-refractivity contribution in [2.24, 2.45) is 17.6 Å². The molecule has 0 bridgehead atoms. The molecule has 3 atom stereocenters. The van der Waals surface area contributed by atoms with Gasteiger partial charge in [0.25, 0.3) is 0 Å². The summed E-state index contributed by atoms with van der Waals surface area (Å²) in [4.78, 5) is 15.1. The summed E-state index contributed by atoms with van der Waals surface area (Å²) >= 11 is 0. The molecule has 114 valence electrons. The Kier molecular flexibility index (Phi) is 3.78. The third-order valence-corrected chi connectivity index (χ3v) is 5.37. The minimum atomic E-state index is -0.352. The third-order valence-electron chi connectivity index (χ3n) is 5.37. The molecule has 3 rings (SSSR count). The van der Waals surface area contributed by atoms with Crippen LogP contribution < -0.4 is 5.73 Å². The molecular formula is C18H26N2O. The van der Waals surface area contributed by atoms with E-state index in [4.69, 9.17) is 5.73 Å². The van der Waals surface area contributed by atoms with E-state index in [9.17, 15) is 4.79 Å². The topological polar surface area (TPSA) is 46.3 Å². The van der Waals surface area contributed by atoms with Gasteiger partial charge in [-0.3, -0.25) is 4.79 Å². The zero-order valence-electron chi connectivity index (χ0n) is 13.1. The van der Waals surface area contributed by atoms with Gasteiger partial charge in [0.1, 0.15) is 0 Å². The highest BCUT2D eigenvalue weighted by molar-refractivity contribution is 5.92. The van der Waals surface area contributed by atoms with Gasteiger partial charge in [-0.15, -0.1) is 0 Å². The van der Waals surface area contributed by atoms with Crippen LogP contribution in [0.4, 0.5) is 0 Å². The average molecular weight is 286 g/mol. The van der Waals surface area contributed by atoms with Crippen LogP contribution in [0.2, 0.25) is 0 Å². The SMILES string of the molecule is CCN(CC)C(=O)C1(c2ccccc2)CC1C(N)C1CC1. The number of amides is 1. The second kappa shape index (κ2) is 5.45. The van der Waals surface area contributed by atoms with E-state index < -0.39 is 0 Å². The number of hydrogen-bond acceptors (Lipinski definition) is 2. The summed E-state index contributed by atoms with van der Waals surface area (Å²) in [7, 11) is 0. The van der Waals surface area contributed by atoms with Crippen molar-refractivity contribution in [2.45, 2.75) is 44.6 Å². The zero-order chi connectivity index (χ0) is 15.0. The number of carbonyl (C=O) groups is 1. The van der Waals surface area contributed by atoms with E-state index in [1.165, 1.54) is 12.8 Å². The van der Waals surface area contributed by atoms with Crippen molar-refractivity contribution in [3.63, 3.8) is 0 Å². The van der Waals surface area contributed by atoms with Crippen LogP contribution in [-0.2, 0) is 10.2 Å². The molecule has 3 unspecified atom stereocenters. The lowest BCUT2D eigenvalue weighted by atomic mass is 9.88. The van der Waals surface area contributed by atoms with Gasteiger partial charge in [-0.25, -0.2) is 0 Å². The van der Waals surface area contributed by atoms with Crippen LogP contribution >= 0.6 is 0 Å². The van der Waals surface area contributed by atoms with Gasteiger partial charge in [0.05, 0.1) is 5.41 Å². The van der Waals surface area contributed by atoms with Gasteiger partial charge < -0.3 is 10.6 Å². The third kappa shape index (κ3) is 2.38. The summed E-state index contributed by atoms with van der Waals surface area (Å²) in [6.45, 7) is 5.65. The van der Waals surface area contributed by atoms with Gasteiger partial charge in [-0.05, 0) is 50.5 Å². The van der Waals surface area contributed by atoms with Gasteiger partial charge in [0.15, 0.2) is 0 Å². The minimum Gasteiger partial charge on any atom is -0.342 e. The molecule has 0 spiro atoms. The molecule has 1 aromatic rings. The lowest BCUT2D eigenvalue weighted by Gasteiger charge is -2.27. The van der Waals surface area contributed by atoms with Crippen LogP contribution in [0.1, 0.15) is 38.7 Å². The van der Waals surface area contributed by atoms with Crippen molar-refractivity contribution in [1.29, 1.82) is 0 Å². The Morgan fingerprint density at radius 2 is 1.90 bits per heavy atom. The fourth-order valence-corrected chi connectivity index (χ4v) is 3.79. The molecule has 3 nitrogen and oxygen atoms in total. The largest absolute Gasteiger partial charge is 0.342 e. The van der Waals surface area contributed by atoms with Crippen LogP contribution in [0.15, 0.2) is 30.3 Å². The van der Waals surface area contributed by atoms with E-state index in [0.717, 1.165) is 25.1 Å². The molecule has 2 aliphatic carbocycles. The molecule has 2 fully saturated rings. The maximum Gasteiger partial charge on any atom is 0.233 e. The van der Waals surface area contributed by atoms with Crippen molar-refractivity contribution in [3.05, 3.63) is 35.9 Å². The highest BCUT2D eigenvalue weighted by atomic mass is 16.2. The molecule has 2 aliphatic rings. The van der Waals surface area contributed by atoms with E-state index >= 15 is 0 Å². The Hall–Kier alpha value is -1.35. The molecule has 0 aromatic heterocycles. The van der Waals surface area contributed by atoms with Gasteiger partial charge in [0.2, 0.25) is 5.91 Å². The van der Waals surface area contributed by atoms with Crippen LogP contribution in [-0.4, -0.2) is 29.9 Å². The Balaban J connectivity index is 1.91. The van der Waals surface area contributed by atoms with E-state index in [1.807, 2.05) is 23.1 Å². The smallest absolute Gasteiger partial charge is 0.233 e. The fourth-order valence-electron chi connectivity index (χ4n) is 3.79. The molecule has 2 saturated carbocycles. The van der Waals surface area contributed by atoms with Crippen molar-refractivity contribution >= 4 is 5.91 Å². The number of carbonyl (C=O) groups excluding carboxylic acids is 1. The Morgan fingerprint density at radius 3 is 2.43 bits per heavy atom. The summed E-state index contributed by atoms with van der Waals surface area (Å²) in [5.41, 5.74) is 7.25. The highest BCUT2D eigenvalue weighted by Crippen LogP contribution is 2.59. The molecule has 1 aromatic carbocycles. The lowest BCUT2D eigenvalue weighted by molar-refractivity contribution is -0.134. The van der Waals surface area contributed by atoms with Crippen molar-refractivity contribution < 1.29 is 4.79 Å². The predicted octanol–water partition coefficient (Wildman–Crippen LogP) is 2.55. The number of nitrogens with zero attached hydrogens (tertiary/aromatic N) is 1.